The van der Waals surface area contributed by atoms with Crippen LogP contribution in [0.2, 0.25) is 0 Å². The Hall–Kier alpha value is -2.23. The van der Waals surface area contributed by atoms with E-state index in [9.17, 15) is 0 Å². The van der Waals surface area contributed by atoms with Gasteiger partial charge in [0.2, 0.25) is 5.95 Å². The first kappa shape index (κ1) is 20.7. The third-order valence-corrected chi connectivity index (χ3v) is 6.70. The molecule has 164 valence electrons. The Morgan fingerprint density at radius 2 is 1.87 bits per heavy atom. The van der Waals surface area contributed by atoms with Crippen LogP contribution in [0.4, 0.5) is 17.6 Å². The van der Waals surface area contributed by atoms with Gasteiger partial charge in [0.15, 0.2) is 5.82 Å². The summed E-state index contributed by atoms with van der Waals surface area (Å²) in [6.07, 6.45) is 6.61. The molecule has 0 spiro atoms. The third-order valence-electron chi connectivity index (χ3n) is 6.21. The summed E-state index contributed by atoms with van der Waals surface area (Å²) in [5.41, 5.74) is 0.904. The molecule has 3 aromatic rings. The predicted molar refractivity (Wildman–Crippen MR) is 126 cm³/mol. The van der Waals surface area contributed by atoms with Gasteiger partial charge in [-0.2, -0.15) is 10.1 Å². The highest BCUT2D eigenvalue weighted by atomic mass is 79.9. The number of nitrogens with zero attached hydrogens (tertiary/aromatic N) is 5. The maximum Gasteiger partial charge on any atom is 0.230 e. The number of benzene rings is 1. The van der Waals surface area contributed by atoms with Gasteiger partial charge in [-0.05, 0) is 43.9 Å². The zero-order valence-electron chi connectivity index (χ0n) is 17.7. The number of hydrogen-bond acceptors (Lipinski definition) is 7. The molecule has 0 bridgehead atoms. The van der Waals surface area contributed by atoms with Crippen LogP contribution in [-0.2, 0) is 11.8 Å². The molecule has 2 aromatic heterocycles. The molecule has 0 amide bonds. The van der Waals surface area contributed by atoms with Crippen molar-refractivity contribution in [1.82, 2.24) is 24.6 Å². The predicted octanol–water partition coefficient (Wildman–Crippen LogP) is 3.92. The first-order valence-corrected chi connectivity index (χ1v) is 11.8. The lowest BCUT2D eigenvalue weighted by atomic mass is 9.90. The monoisotopic (exact) mass is 485 g/mol. The minimum absolute atomic E-state index is 0.414. The summed E-state index contributed by atoms with van der Waals surface area (Å²) in [7, 11) is 1.89. The Balaban J connectivity index is 1.33. The molecule has 0 radical (unpaired) electrons. The number of aryl methyl sites for hydroxylation is 1. The molecule has 1 aliphatic carbocycles. The fourth-order valence-corrected chi connectivity index (χ4v) is 4.95. The van der Waals surface area contributed by atoms with Crippen LogP contribution in [0.3, 0.4) is 0 Å². The zero-order valence-corrected chi connectivity index (χ0v) is 19.3. The van der Waals surface area contributed by atoms with Gasteiger partial charge in [-0.25, -0.2) is 4.98 Å². The number of anilines is 3. The largest absolute Gasteiger partial charge is 0.379 e. The lowest BCUT2D eigenvalue weighted by Gasteiger charge is -2.39. The molecule has 5 rings (SSSR count). The van der Waals surface area contributed by atoms with Crippen molar-refractivity contribution in [2.24, 2.45) is 7.05 Å². The number of rotatable bonds is 5. The highest BCUT2D eigenvalue weighted by molar-refractivity contribution is 9.10. The van der Waals surface area contributed by atoms with Crippen molar-refractivity contribution in [3.8, 4) is 0 Å². The van der Waals surface area contributed by atoms with Crippen LogP contribution >= 0.6 is 15.9 Å². The van der Waals surface area contributed by atoms with Crippen LogP contribution in [0, 0.1) is 0 Å². The van der Waals surface area contributed by atoms with E-state index in [4.69, 9.17) is 14.7 Å². The van der Waals surface area contributed by atoms with Gasteiger partial charge in [-0.15, -0.1) is 0 Å². The van der Waals surface area contributed by atoms with Crippen LogP contribution in [0.15, 0.2) is 34.9 Å². The summed E-state index contributed by atoms with van der Waals surface area (Å²) in [6.45, 7) is 3.86. The normalized spacial score (nSPS) is 22.5. The molecule has 3 heterocycles. The second-order valence-electron chi connectivity index (χ2n) is 8.36. The first-order valence-electron chi connectivity index (χ1n) is 11.0. The Morgan fingerprint density at radius 1 is 1.06 bits per heavy atom. The molecule has 9 heteroatoms. The molecular weight excluding hydrogens is 458 g/mol. The molecular formula is C22H28BrN7O. The molecule has 1 aliphatic heterocycles. The summed E-state index contributed by atoms with van der Waals surface area (Å²) in [6, 6.07) is 9.12. The van der Waals surface area contributed by atoms with Crippen LogP contribution < -0.4 is 10.6 Å². The van der Waals surface area contributed by atoms with E-state index >= 15 is 0 Å². The number of ether oxygens (including phenoxy) is 1. The minimum atomic E-state index is 0.414. The Bertz CT molecular complexity index is 1040. The number of nitrogens with one attached hydrogen (secondary N) is 2. The second-order valence-corrected chi connectivity index (χ2v) is 9.27. The molecule has 1 saturated carbocycles. The Kier molecular flexibility index (Phi) is 6.06. The summed E-state index contributed by atoms with van der Waals surface area (Å²) < 4.78 is 8.29. The van der Waals surface area contributed by atoms with Crippen LogP contribution in [-0.4, -0.2) is 63.0 Å². The van der Waals surface area contributed by atoms with Crippen molar-refractivity contribution in [1.29, 1.82) is 0 Å². The summed E-state index contributed by atoms with van der Waals surface area (Å²) in [4.78, 5) is 12.1. The maximum atomic E-state index is 5.51. The average molecular weight is 486 g/mol. The maximum absolute atomic E-state index is 5.51. The van der Waals surface area contributed by atoms with Gasteiger partial charge < -0.3 is 15.4 Å². The Morgan fingerprint density at radius 3 is 2.61 bits per heavy atom. The topological polar surface area (TPSA) is 80.1 Å². The SMILES string of the molecule is Cn1ccc(Nc2nc(NC3CCC(N4CCOCC4)CC3)c3cc(Br)ccc3n2)n1. The molecule has 1 aromatic carbocycles. The molecule has 31 heavy (non-hydrogen) atoms. The fraction of sp³-hybridized carbons (Fsp3) is 0.500. The zero-order chi connectivity index (χ0) is 21.2. The van der Waals surface area contributed by atoms with Crippen molar-refractivity contribution in [2.45, 2.75) is 37.8 Å². The van der Waals surface area contributed by atoms with Gasteiger partial charge in [0.1, 0.15) is 5.82 Å². The van der Waals surface area contributed by atoms with Crippen LogP contribution in [0.25, 0.3) is 10.9 Å². The van der Waals surface area contributed by atoms with Crippen molar-refractivity contribution < 1.29 is 4.74 Å². The molecule has 2 fully saturated rings. The van der Waals surface area contributed by atoms with Crippen molar-refractivity contribution in [3.05, 3.63) is 34.9 Å². The molecule has 8 nitrogen and oxygen atoms in total. The lowest BCUT2D eigenvalue weighted by molar-refractivity contribution is 0.00791. The van der Waals surface area contributed by atoms with E-state index in [-0.39, 0.29) is 0 Å². The molecule has 0 atom stereocenters. The van der Waals surface area contributed by atoms with Gasteiger partial charge in [0.25, 0.3) is 0 Å². The number of aromatic nitrogens is 4. The molecule has 2 N–H and O–H groups in total. The van der Waals surface area contributed by atoms with Gasteiger partial charge in [0.05, 0.1) is 18.7 Å². The molecule has 1 saturated heterocycles. The lowest BCUT2D eigenvalue weighted by Crippen LogP contribution is -2.46. The van der Waals surface area contributed by atoms with Crippen LogP contribution in [0.1, 0.15) is 25.7 Å². The minimum Gasteiger partial charge on any atom is -0.379 e. The van der Waals surface area contributed by atoms with E-state index in [1.807, 2.05) is 31.4 Å². The highest BCUT2D eigenvalue weighted by Gasteiger charge is 2.27. The first-order chi connectivity index (χ1) is 15.1. The smallest absolute Gasteiger partial charge is 0.230 e. The molecule has 2 aliphatic rings. The fourth-order valence-electron chi connectivity index (χ4n) is 4.58. The van der Waals surface area contributed by atoms with E-state index < -0.39 is 0 Å². The van der Waals surface area contributed by atoms with Gasteiger partial charge in [-0.3, -0.25) is 9.58 Å². The number of halogens is 1. The van der Waals surface area contributed by atoms with E-state index in [0.717, 1.165) is 66.2 Å². The second kappa shape index (κ2) is 9.10. The summed E-state index contributed by atoms with van der Waals surface area (Å²) in [5.74, 6) is 2.16. The standard InChI is InChI=1S/C22H28BrN7O/c1-29-9-8-20(28-29)26-22-25-19-7-2-15(23)14-18(19)21(27-22)24-16-3-5-17(6-4-16)30-10-12-31-13-11-30/h2,7-9,14,16-17H,3-6,10-13H2,1H3,(H2,24,25,26,27,28). The van der Waals surface area contributed by atoms with Crippen molar-refractivity contribution >= 4 is 44.4 Å². The van der Waals surface area contributed by atoms with Gasteiger partial charge in [0, 0.05) is 54.3 Å². The quantitative estimate of drug-likeness (QED) is 0.566. The van der Waals surface area contributed by atoms with Gasteiger partial charge in [-0.1, -0.05) is 15.9 Å². The van der Waals surface area contributed by atoms with E-state index in [1.54, 1.807) is 4.68 Å². The number of fused-ring (bicyclic) bond motifs is 1. The number of morpholine rings is 1. The summed E-state index contributed by atoms with van der Waals surface area (Å²) >= 11 is 3.59. The van der Waals surface area contributed by atoms with Crippen molar-refractivity contribution in [3.63, 3.8) is 0 Å². The van der Waals surface area contributed by atoms with E-state index in [1.165, 1.54) is 12.8 Å². The molecule has 0 unspecified atom stereocenters. The van der Waals surface area contributed by atoms with Crippen LogP contribution in [0.5, 0.6) is 0 Å². The summed E-state index contributed by atoms with van der Waals surface area (Å²) in [5, 5.41) is 12.4. The Labute approximate surface area is 190 Å². The van der Waals surface area contributed by atoms with Crippen molar-refractivity contribution in [2.75, 3.05) is 36.9 Å². The average Bonchev–Trinajstić information content (AvgIpc) is 3.20. The van der Waals surface area contributed by atoms with Gasteiger partial charge >= 0.3 is 0 Å². The van der Waals surface area contributed by atoms with E-state index in [0.29, 0.717) is 18.0 Å². The third kappa shape index (κ3) is 4.83. The highest BCUT2D eigenvalue weighted by Crippen LogP contribution is 2.30. The number of hydrogen-bond donors (Lipinski definition) is 2. The van der Waals surface area contributed by atoms with E-state index in [2.05, 4.69) is 42.6 Å².